The topological polar surface area (TPSA) is 100 Å². The Morgan fingerprint density at radius 1 is 1.23 bits per heavy atom. The molecule has 3 N–H and O–H groups in total. The van der Waals surface area contributed by atoms with E-state index in [1.807, 2.05) is 12.1 Å². The van der Waals surface area contributed by atoms with Gasteiger partial charge in [-0.3, -0.25) is 0 Å². The van der Waals surface area contributed by atoms with E-state index in [2.05, 4.69) is 56.3 Å². The Kier molecular flexibility index (Phi) is 6.84. The van der Waals surface area contributed by atoms with Crippen LogP contribution in [0.3, 0.4) is 0 Å². The van der Waals surface area contributed by atoms with Gasteiger partial charge in [-0.2, -0.15) is 0 Å². The number of aryl methyl sites for hydroxylation is 1. The van der Waals surface area contributed by atoms with Crippen LogP contribution in [0.2, 0.25) is 0 Å². The van der Waals surface area contributed by atoms with Crippen molar-refractivity contribution >= 4 is 51.3 Å². The first-order chi connectivity index (χ1) is 14.5. The van der Waals surface area contributed by atoms with Gasteiger partial charge in [-0.15, -0.1) is 0 Å². The lowest BCUT2D eigenvalue weighted by Crippen LogP contribution is -2.21. The maximum atomic E-state index is 6.08. The maximum Gasteiger partial charge on any atom is 0.175 e. The number of aromatic nitrogens is 4. The third-order valence-electron chi connectivity index (χ3n) is 4.61. The molecule has 1 aliphatic heterocycles. The Bertz CT molecular complexity index is 1040. The van der Waals surface area contributed by atoms with Crippen LogP contribution < -0.4 is 20.5 Å². The summed E-state index contributed by atoms with van der Waals surface area (Å²) in [5.41, 5.74) is 7.48. The highest BCUT2D eigenvalue weighted by molar-refractivity contribution is 14.1. The first kappa shape index (κ1) is 21.4. The SMILES string of the molecule is CC(C)CNCCCn1c(Sc2cc3c(cc2I)OCCO3)nc2c(N)ncnc21. The quantitative estimate of drug-likeness (QED) is 0.331. The largest absolute Gasteiger partial charge is 0.486 e. The van der Waals surface area contributed by atoms with Crippen LogP contribution in [0.4, 0.5) is 5.82 Å². The van der Waals surface area contributed by atoms with Crippen LogP contribution in [0.1, 0.15) is 20.3 Å². The first-order valence-electron chi connectivity index (χ1n) is 9.97. The number of halogens is 1. The predicted octanol–water partition coefficient (Wildman–Crippen LogP) is 3.57. The van der Waals surface area contributed by atoms with Crippen molar-refractivity contribution in [2.45, 2.75) is 36.9 Å². The molecule has 0 spiro atoms. The second-order valence-electron chi connectivity index (χ2n) is 7.46. The maximum absolute atomic E-state index is 6.08. The van der Waals surface area contributed by atoms with Crippen molar-refractivity contribution in [1.82, 2.24) is 24.8 Å². The zero-order valence-electron chi connectivity index (χ0n) is 17.0. The van der Waals surface area contributed by atoms with Gasteiger partial charge in [0.2, 0.25) is 0 Å². The van der Waals surface area contributed by atoms with E-state index in [9.17, 15) is 0 Å². The van der Waals surface area contributed by atoms with E-state index >= 15 is 0 Å². The zero-order valence-corrected chi connectivity index (χ0v) is 20.0. The number of benzene rings is 1. The molecule has 1 aromatic carbocycles. The smallest absolute Gasteiger partial charge is 0.175 e. The van der Waals surface area contributed by atoms with Crippen molar-refractivity contribution < 1.29 is 9.47 Å². The van der Waals surface area contributed by atoms with Gasteiger partial charge in [0.15, 0.2) is 33.6 Å². The number of nitrogens with one attached hydrogen (secondary N) is 1. The van der Waals surface area contributed by atoms with Gasteiger partial charge in [0, 0.05) is 15.0 Å². The van der Waals surface area contributed by atoms with Crippen molar-refractivity contribution in [3.63, 3.8) is 0 Å². The summed E-state index contributed by atoms with van der Waals surface area (Å²) < 4.78 is 14.7. The molecule has 10 heteroatoms. The number of nitrogens with zero attached hydrogens (tertiary/aromatic N) is 4. The van der Waals surface area contributed by atoms with Crippen LogP contribution in [0.5, 0.6) is 11.5 Å². The number of anilines is 1. The van der Waals surface area contributed by atoms with Gasteiger partial charge in [0.25, 0.3) is 0 Å². The number of hydrogen-bond donors (Lipinski definition) is 2. The molecule has 8 nitrogen and oxygen atoms in total. The van der Waals surface area contributed by atoms with Gasteiger partial charge >= 0.3 is 0 Å². The molecule has 0 atom stereocenters. The van der Waals surface area contributed by atoms with E-state index in [0.29, 0.717) is 30.5 Å². The lowest BCUT2D eigenvalue weighted by molar-refractivity contribution is 0.171. The van der Waals surface area contributed by atoms with E-state index < -0.39 is 0 Å². The summed E-state index contributed by atoms with van der Waals surface area (Å²) in [5.74, 6) is 2.59. The summed E-state index contributed by atoms with van der Waals surface area (Å²) in [4.78, 5) is 14.4. The van der Waals surface area contributed by atoms with E-state index in [0.717, 1.165) is 56.8 Å². The Hall–Kier alpha value is -1.79. The van der Waals surface area contributed by atoms with Crippen LogP contribution in [0.15, 0.2) is 28.5 Å². The second kappa shape index (κ2) is 9.56. The third-order valence-corrected chi connectivity index (χ3v) is 6.92. The highest BCUT2D eigenvalue weighted by atomic mass is 127. The Morgan fingerprint density at radius 2 is 2.00 bits per heavy atom. The zero-order chi connectivity index (χ0) is 21.1. The molecule has 0 fully saturated rings. The highest BCUT2D eigenvalue weighted by Gasteiger charge is 2.20. The van der Waals surface area contributed by atoms with Crippen LogP contribution in [0.25, 0.3) is 11.2 Å². The lowest BCUT2D eigenvalue weighted by atomic mass is 10.2. The lowest BCUT2D eigenvalue weighted by Gasteiger charge is -2.19. The molecule has 0 amide bonds. The highest BCUT2D eigenvalue weighted by Crippen LogP contribution is 2.40. The minimum atomic E-state index is 0.399. The molecule has 4 rings (SSSR count). The van der Waals surface area contributed by atoms with Gasteiger partial charge < -0.3 is 25.1 Å². The molecule has 0 bridgehead atoms. The summed E-state index contributed by atoms with van der Waals surface area (Å²) in [6.45, 7) is 8.29. The summed E-state index contributed by atoms with van der Waals surface area (Å²) in [5, 5.41) is 4.33. The molecule has 0 radical (unpaired) electrons. The van der Waals surface area contributed by atoms with Crippen molar-refractivity contribution in [1.29, 1.82) is 0 Å². The molecule has 3 heterocycles. The number of fused-ring (bicyclic) bond motifs is 2. The van der Waals surface area contributed by atoms with Crippen LogP contribution in [0, 0.1) is 9.49 Å². The van der Waals surface area contributed by atoms with E-state index in [-0.39, 0.29) is 0 Å². The number of ether oxygens (including phenoxy) is 2. The van der Waals surface area contributed by atoms with Gasteiger partial charge in [0.1, 0.15) is 19.5 Å². The minimum Gasteiger partial charge on any atom is -0.486 e. The van der Waals surface area contributed by atoms with Gasteiger partial charge in [0.05, 0.1) is 0 Å². The number of hydrogen-bond acceptors (Lipinski definition) is 8. The second-order valence-corrected chi connectivity index (χ2v) is 9.63. The molecular weight excluding hydrogens is 515 g/mol. The van der Waals surface area contributed by atoms with Crippen molar-refractivity contribution in [3.05, 3.63) is 22.0 Å². The average molecular weight is 540 g/mol. The standard InChI is InChI=1S/C20H25IN6O2S/c1-12(2)10-23-4-3-5-27-19-17(18(22)24-11-25-19)26-20(27)30-16-9-15-14(8-13(16)21)28-6-7-29-15/h8-9,11-12,23H,3-7,10H2,1-2H3,(H2,22,24,25). The number of nitrogens with two attached hydrogens (primary N) is 1. The van der Waals surface area contributed by atoms with Crippen molar-refractivity contribution in [2.24, 2.45) is 5.92 Å². The Morgan fingerprint density at radius 3 is 2.77 bits per heavy atom. The fourth-order valence-corrected chi connectivity index (χ4v) is 4.90. The minimum absolute atomic E-state index is 0.399. The first-order valence-corrected chi connectivity index (χ1v) is 11.9. The molecule has 160 valence electrons. The fraction of sp³-hybridized carbons (Fsp3) is 0.450. The Balaban J connectivity index is 1.61. The van der Waals surface area contributed by atoms with Gasteiger partial charge in [-0.25, -0.2) is 15.0 Å². The van der Waals surface area contributed by atoms with E-state index in [4.69, 9.17) is 20.2 Å². The molecule has 0 saturated heterocycles. The monoisotopic (exact) mass is 540 g/mol. The number of rotatable bonds is 8. The average Bonchev–Trinajstić information content (AvgIpc) is 3.07. The summed E-state index contributed by atoms with van der Waals surface area (Å²) in [7, 11) is 0. The fourth-order valence-electron chi connectivity index (χ4n) is 3.19. The molecular formula is C20H25IN6O2S. The van der Waals surface area contributed by atoms with Crippen LogP contribution in [-0.4, -0.2) is 45.8 Å². The van der Waals surface area contributed by atoms with Crippen LogP contribution >= 0.6 is 34.4 Å². The van der Waals surface area contributed by atoms with Gasteiger partial charge in [-0.05, 0) is 60.2 Å². The number of nitrogen functional groups attached to an aromatic ring is 1. The molecule has 3 aromatic rings. The van der Waals surface area contributed by atoms with Crippen molar-refractivity contribution in [3.8, 4) is 11.5 Å². The van der Waals surface area contributed by atoms with Crippen LogP contribution in [-0.2, 0) is 6.54 Å². The number of imidazole rings is 1. The molecule has 30 heavy (non-hydrogen) atoms. The van der Waals surface area contributed by atoms with Crippen molar-refractivity contribution in [2.75, 3.05) is 32.0 Å². The molecule has 0 aliphatic carbocycles. The summed E-state index contributed by atoms with van der Waals surface area (Å²) >= 11 is 3.90. The normalized spacial score (nSPS) is 13.3. The molecule has 0 saturated carbocycles. The molecule has 2 aromatic heterocycles. The van der Waals surface area contributed by atoms with E-state index in [1.165, 1.54) is 6.33 Å². The van der Waals surface area contributed by atoms with Gasteiger partial charge in [-0.1, -0.05) is 25.6 Å². The predicted molar refractivity (Wildman–Crippen MR) is 126 cm³/mol. The summed E-state index contributed by atoms with van der Waals surface area (Å²) in [6, 6.07) is 4.03. The molecule has 1 aliphatic rings. The van der Waals surface area contributed by atoms with E-state index in [1.54, 1.807) is 11.8 Å². The third kappa shape index (κ3) is 4.75. The molecule has 0 unspecified atom stereocenters. The summed E-state index contributed by atoms with van der Waals surface area (Å²) in [6.07, 6.45) is 2.46. The Labute approximate surface area is 193 Å².